The zero-order chi connectivity index (χ0) is 9.40. The second-order valence-electron chi connectivity index (χ2n) is 3.25. The molecule has 12 heavy (non-hydrogen) atoms. The Balaban J connectivity index is 3.38. The minimum atomic E-state index is 0.0507. The van der Waals surface area contributed by atoms with Crippen LogP contribution in [-0.4, -0.2) is 12.6 Å². The van der Waals surface area contributed by atoms with Gasteiger partial charge in [0.2, 0.25) is 0 Å². The van der Waals surface area contributed by atoms with Crippen LogP contribution >= 0.6 is 0 Å². The van der Waals surface area contributed by atoms with Crippen molar-refractivity contribution in [1.29, 1.82) is 0 Å². The highest BCUT2D eigenvalue weighted by atomic mass is 16.5. The van der Waals surface area contributed by atoms with Crippen LogP contribution in [0, 0.1) is 5.92 Å². The average Bonchev–Trinajstić information content (AvgIpc) is 2.02. The van der Waals surface area contributed by atoms with Gasteiger partial charge >= 0.3 is 0 Å². The highest BCUT2D eigenvalue weighted by Crippen LogP contribution is 2.13. The van der Waals surface area contributed by atoms with E-state index in [9.17, 15) is 4.79 Å². The molecular formula is C10H18O2. The molecule has 0 aromatic heterocycles. The van der Waals surface area contributed by atoms with E-state index in [2.05, 4.69) is 13.5 Å². The van der Waals surface area contributed by atoms with E-state index in [1.807, 2.05) is 13.0 Å². The molecule has 0 rings (SSSR count). The van der Waals surface area contributed by atoms with Gasteiger partial charge in [-0.25, -0.2) is 0 Å². The average molecular weight is 170 g/mol. The van der Waals surface area contributed by atoms with Gasteiger partial charge < -0.3 is 4.74 Å². The molecule has 0 saturated carbocycles. The normalized spacial score (nSPS) is 14.8. The second kappa shape index (κ2) is 6.89. The predicted octanol–water partition coefficient (Wildman–Crippen LogP) is 2.54. The SMILES string of the molecule is C=CCC(C)CC[C@@H](C)OC=O. The summed E-state index contributed by atoms with van der Waals surface area (Å²) in [6.07, 6.45) is 5.04. The van der Waals surface area contributed by atoms with Crippen molar-refractivity contribution >= 4 is 6.47 Å². The molecule has 0 heterocycles. The number of ether oxygens (including phenoxy) is 1. The third kappa shape index (κ3) is 5.96. The van der Waals surface area contributed by atoms with Crippen LogP contribution in [0.4, 0.5) is 0 Å². The summed E-state index contributed by atoms with van der Waals surface area (Å²) in [5, 5.41) is 0. The van der Waals surface area contributed by atoms with E-state index in [-0.39, 0.29) is 6.10 Å². The summed E-state index contributed by atoms with van der Waals surface area (Å²) in [6, 6.07) is 0. The van der Waals surface area contributed by atoms with Gasteiger partial charge in [-0.05, 0) is 32.1 Å². The molecule has 0 spiro atoms. The van der Waals surface area contributed by atoms with Crippen molar-refractivity contribution in [3.63, 3.8) is 0 Å². The van der Waals surface area contributed by atoms with Crippen molar-refractivity contribution in [2.24, 2.45) is 5.92 Å². The molecule has 0 bridgehead atoms. The van der Waals surface area contributed by atoms with Gasteiger partial charge in [-0.2, -0.15) is 0 Å². The lowest BCUT2D eigenvalue weighted by molar-refractivity contribution is -0.133. The fraction of sp³-hybridized carbons (Fsp3) is 0.700. The number of allylic oxidation sites excluding steroid dienone is 1. The van der Waals surface area contributed by atoms with Crippen LogP contribution in [0.2, 0.25) is 0 Å². The summed E-state index contributed by atoms with van der Waals surface area (Å²) in [7, 11) is 0. The third-order valence-electron chi connectivity index (χ3n) is 1.92. The topological polar surface area (TPSA) is 26.3 Å². The van der Waals surface area contributed by atoms with Crippen LogP contribution in [0.5, 0.6) is 0 Å². The summed E-state index contributed by atoms with van der Waals surface area (Å²) in [4.78, 5) is 9.95. The van der Waals surface area contributed by atoms with Gasteiger partial charge in [0.05, 0.1) is 6.10 Å². The number of carbonyl (C=O) groups excluding carboxylic acids is 1. The maximum Gasteiger partial charge on any atom is 0.293 e. The number of hydrogen-bond acceptors (Lipinski definition) is 2. The molecule has 0 aromatic carbocycles. The molecule has 0 radical (unpaired) electrons. The van der Waals surface area contributed by atoms with Gasteiger partial charge in [-0.3, -0.25) is 4.79 Å². The number of hydrogen-bond donors (Lipinski definition) is 0. The van der Waals surface area contributed by atoms with Gasteiger partial charge in [0.1, 0.15) is 0 Å². The van der Waals surface area contributed by atoms with Gasteiger partial charge in [-0.1, -0.05) is 13.0 Å². The summed E-state index contributed by atoms with van der Waals surface area (Å²) in [6.45, 7) is 8.28. The minimum Gasteiger partial charge on any atom is -0.465 e. The number of carbonyl (C=O) groups is 1. The fourth-order valence-electron chi connectivity index (χ4n) is 1.08. The molecule has 0 saturated heterocycles. The first-order chi connectivity index (χ1) is 5.70. The second-order valence-corrected chi connectivity index (χ2v) is 3.25. The van der Waals surface area contributed by atoms with E-state index >= 15 is 0 Å². The lowest BCUT2D eigenvalue weighted by Gasteiger charge is -2.12. The van der Waals surface area contributed by atoms with Gasteiger partial charge in [0, 0.05) is 0 Å². The molecule has 0 N–H and O–H groups in total. The lowest BCUT2D eigenvalue weighted by atomic mass is 10.0. The molecule has 2 heteroatoms. The minimum absolute atomic E-state index is 0.0507. The highest BCUT2D eigenvalue weighted by molar-refractivity contribution is 5.37. The monoisotopic (exact) mass is 170 g/mol. The molecule has 2 nitrogen and oxygen atoms in total. The predicted molar refractivity (Wildman–Crippen MR) is 49.8 cm³/mol. The molecule has 0 aromatic rings. The smallest absolute Gasteiger partial charge is 0.293 e. The summed E-state index contributed by atoms with van der Waals surface area (Å²) in [5.41, 5.74) is 0. The Labute approximate surface area is 74.6 Å². The molecule has 0 aliphatic rings. The van der Waals surface area contributed by atoms with E-state index in [0.717, 1.165) is 19.3 Å². The zero-order valence-corrected chi connectivity index (χ0v) is 7.95. The van der Waals surface area contributed by atoms with Crippen LogP contribution in [0.25, 0.3) is 0 Å². The molecule has 1 unspecified atom stereocenters. The lowest BCUT2D eigenvalue weighted by Crippen LogP contribution is -2.08. The zero-order valence-electron chi connectivity index (χ0n) is 7.95. The Morgan fingerprint density at radius 1 is 1.42 bits per heavy atom. The fourth-order valence-corrected chi connectivity index (χ4v) is 1.08. The van der Waals surface area contributed by atoms with E-state index < -0.39 is 0 Å². The standard InChI is InChI=1S/C10H18O2/c1-4-5-9(2)6-7-10(3)12-8-11/h4,8-10H,1,5-7H2,2-3H3/t9?,10-/m1/s1. The summed E-state index contributed by atoms with van der Waals surface area (Å²) < 4.78 is 4.76. The largest absolute Gasteiger partial charge is 0.465 e. The van der Waals surface area contributed by atoms with Crippen molar-refractivity contribution in [2.75, 3.05) is 0 Å². The van der Waals surface area contributed by atoms with Crippen LogP contribution in [-0.2, 0) is 9.53 Å². The van der Waals surface area contributed by atoms with Crippen molar-refractivity contribution in [3.05, 3.63) is 12.7 Å². The Morgan fingerprint density at radius 3 is 2.58 bits per heavy atom. The first-order valence-corrected chi connectivity index (χ1v) is 4.40. The van der Waals surface area contributed by atoms with E-state index in [0.29, 0.717) is 12.4 Å². The van der Waals surface area contributed by atoms with E-state index in [1.54, 1.807) is 0 Å². The van der Waals surface area contributed by atoms with Gasteiger partial charge in [0.25, 0.3) is 6.47 Å². The van der Waals surface area contributed by atoms with Crippen molar-refractivity contribution in [1.82, 2.24) is 0 Å². The van der Waals surface area contributed by atoms with Crippen LogP contribution in [0.15, 0.2) is 12.7 Å². The molecule has 0 fully saturated rings. The molecule has 2 atom stereocenters. The Hall–Kier alpha value is -0.790. The van der Waals surface area contributed by atoms with Crippen LogP contribution in [0.1, 0.15) is 33.1 Å². The first kappa shape index (κ1) is 11.2. The first-order valence-electron chi connectivity index (χ1n) is 4.40. The Morgan fingerprint density at radius 2 is 2.08 bits per heavy atom. The molecular weight excluding hydrogens is 152 g/mol. The van der Waals surface area contributed by atoms with E-state index in [4.69, 9.17) is 4.74 Å². The summed E-state index contributed by atoms with van der Waals surface area (Å²) >= 11 is 0. The van der Waals surface area contributed by atoms with Gasteiger partial charge in [-0.15, -0.1) is 6.58 Å². The van der Waals surface area contributed by atoms with Crippen molar-refractivity contribution in [3.8, 4) is 0 Å². The quantitative estimate of drug-likeness (QED) is 0.433. The number of rotatable bonds is 7. The molecule has 70 valence electrons. The van der Waals surface area contributed by atoms with E-state index in [1.165, 1.54) is 0 Å². The molecule has 0 aliphatic heterocycles. The Bertz CT molecular complexity index is 116. The van der Waals surface area contributed by atoms with Crippen molar-refractivity contribution < 1.29 is 9.53 Å². The summed E-state index contributed by atoms with van der Waals surface area (Å²) in [5.74, 6) is 0.639. The Kier molecular flexibility index (Phi) is 6.44. The van der Waals surface area contributed by atoms with Crippen LogP contribution < -0.4 is 0 Å². The van der Waals surface area contributed by atoms with Crippen molar-refractivity contribution in [2.45, 2.75) is 39.2 Å². The highest BCUT2D eigenvalue weighted by Gasteiger charge is 2.04. The van der Waals surface area contributed by atoms with Gasteiger partial charge in [0.15, 0.2) is 0 Å². The maximum absolute atomic E-state index is 9.95. The third-order valence-corrected chi connectivity index (χ3v) is 1.92. The molecule has 0 aliphatic carbocycles. The maximum atomic E-state index is 9.95. The molecule has 0 amide bonds. The van der Waals surface area contributed by atoms with Crippen LogP contribution in [0.3, 0.4) is 0 Å².